The number of carbonyl (C=O) groups is 1. The summed E-state index contributed by atoms with van der Waals surface area (Å²) in [6.07, 6.45) is 2.50. The van der Waals surface area contributed by atoms with Crippen LogP contribution in [0.15, 0.2) is 41.1 Å². The largest absolute Gasteiger partial charge is 0.430 e. The fraction of sp³-hybridized carbons (Fsp3) is 0.308. The lowest BCUT2D eigenvalue weighted by molar-refractivity contribution is -0.139. The van der Waals surface area contributed by atoms with Crippen molar-refractivity contribution >= 4 is 21.9 Å². The van der Waals surface area contributed by atoms with Crippen LogP contribution in [0.5, 0.6) is 0 Å². The fourth-order valence-electron chi connectivity index (χ4n) is 1.85. The van der Waals surface area contributed by atoms with Gasteiger partial charge in [0, 0.05) is 11.4 Å². The van der Waals surface area contributed by atoms with Crippen LogP contribution in [0.2, 0.25) is 0 Å². The first-order chi connectivity index (χ1) is 7.79. The molecule has 2 nitrogen and oxygen atoms in total. The van der Waals surface area contributed by atoms with Crippen LogP contribution in [0, 0.1) is 5.92 Å². The number of halogens is 1. The number of benzene rings is 1. The number of rotatable bonds is 3. The number of allylic oxidation sites excluding steroid dienone is 1. The molecule has 0 saturated carbocycles. The Morgan fingerprint density at radius 1 is 1.38 bits per heavy atom. The summed E-state index contributed by atoms with van der Waals surface area (Å²) in [4.78, 5) is 13.2. The molecule has 0 radical (unpaired) electrons. The van der Waals surface area contributed by atoms with Gasteiger partial charge in [-0.15, -0.1) is 0 Å². The Kier molecular flexibility index (Phi) is 3.78. The number of aryl methyl sites for hydroxylation is 1. The summed E-state index contributed by atoms with van der Waals surface area (Å²) in [5, 5.41) is 0. The molecule has 0 aromatic heterocycles. The molecule has 1 aromatic carbocycles. The average Bonchev–Trinajstić information content (AvgIpc) is 2.69. The van der Waals surface area contributed by atoms with Gasteiger partial charge in [-0.3, -0.25) is 4.79 Å². The Hall–Kier alpha value is -1.09. The van der Waals surface area contributed by atoms with Gasteiger partial charge in [0.1, 0.15) is 5.76 Å². The molecular formula is C13H13BrO2. The van der Waals surface area contributed by atoms with Gasteiger partial charge in [-0.2, -0.15) is 0 Å². The zero-order valence-corrected chi connectivity index (χ0v) is 10.4. The maximum atomic E-state index is 11.5. The van der Waals surface area contributed by atoms with Gasteiger partial charge >= 0.3 is 5.97 Å². The quantitative estimate of drug-likeness (QED) is 0.793. The van der Waals surface area contributed by atoms with E-state index in [1.807, 2.05) is 18.2 Å². The van der Waals surface area contributed by atoms with Crippen LogP contribution in [0.25, 0.3) is 0 Å². The normalized spacial score (nSPS) is 22.4. The zero-order chi connectivity index (χ0) is 11.4. The molecule has 1 heterocycles. The van der Waals surface area contributed by atoms with E-state index in [-0.39, 0.29) is 11.9 Å². The number of carbonyl (C=O) groups excluding carboxylic acids is 1. The third-order valence-corrected chi connectivity index (χ3v) is 3.27. The van der Waals surface area contributed by atoms with E-state index in [4.69, 9.17) is 4.74 Å². The van der Waals surface area contributed by atoms with Crippen molar-refractivity contribution in [3.63, 3.8) is 0 Å². The molecular weight excluding hydrogens is 268 g/mol. The highest BCUT2D eigenvalue weighted by atomic mass is 79.9. The molecule has 0 N–H and O–H groups in total. The lowest BCUT2D eigenvalue weighted by Gasteiger charge is -2.04. The van der Waals surface area contributed by atoms with Crippen molar-refractivity contribution in [2.45, 2.75) is 19.3 Å². The van der Waals surface area contributed by atoms with Crippen LogP contribution >= 0.6 is 15.9 Å². The van der Waals surface area contributed by atoms with Crippen molar-refractivity contribution in [2.24, 2.45) is 5.92 Å². The van der Waals surface area contributed by atoms with Crippen LogP contribution in [0.4, 0.5) is 0 Å². The van der Waals surface area contributed by atoms with E-state index in [1.165, 1.54) is 5.56 Å². The molecule has 1 atom stereocenters. The SMILES string of the molecule is O=C1O/C(=C/Br)C[C@@H]1CCc1ccccc1. The summed E-state index contributed by atoms with van der Waals surface area (Å²) in [5.74, 6) is 0.661. The molecule has 16 heavy (non-hydrogen) atoms. The minimum atomic E-state index is -0.0957. The van der Waals surface area contributed by atoms with Gasteiger partial charge in [-0.1, -0.05) is 46.3 Å². The summed E-state index contributed by atoms with van der Waals surface area (Å²) in [5.41, 5.74) is 1.27. The van der Waals surface area contributed by atoms with E-state index < -0.39 is 0 Å². The maximum absolute atomic E-state index is 11.5. The van der Waals surface area contributed by atoms with Gasteiger partial charge in [0.05, 0.1) is 5.92 Å². The van der Waals surface area contributed by atoms with Crippen molar-refractivity contribution in [1.29, 1.82) is 0 Å². The Morgan fingerprint density at radius 3 is 2.75 bits per heavy atom. The van der Waals surface area contributed by atoms with Crippen molar-refractivity contribution in [1.82, 2.24) is 0 Å². The second-order valence-electron chi connectivity index (χ2n) is 3.92. The van der Waals surface area contributed by atoms with E-state index in [2.05, 4.69) is 28.1 Å². The minimum Gasteiger partial charge on any atom is -0.430 e. The van der Waals surface area contributed by atoms with Gasteiger partial charge in [0.25, 0.3) is 0 Å². The lowest BCUT2D eigenvalue weighted by Crippen LogP contribution is -2.08. The molecule has 1 aliphatic heterocycles. The fourth-order valence-corrected chi connectivity index (χ4v) is 2.13. The Labute approximate surface area is 103 Å². The predicted octanol–water partition coefficient (Wildman–Crippen LogP) is 3.42. The minimum absolute atomic E-state index is 0.0176. The number of ether oxygens (including phenoxy) is 1. The maximum Gasteiger partial charge on any atom is 0.314 e. The van der Waals surface area contributed by atoms with Crippen molar-refractivity contribution < 1.29 is 9.53 Å². The third kappa shape index (κ3) is 2.73. The van der Waals surface area contributed by atoms with E-state index in [9.17, 15) is 4.79 Å². The van der Waals surface area contributed by atoms with E-state index in [0.717, 1.165) is 25.0 Å². The summed E-state index contributed by atoms with van der Waals surface area (Å²) in [6.45, 7) is 0. The Bertz CT molecular complexity index is 398. The molecule has 0 bridgehead atoms. The molecule has 1 aromatic rings. The standard InChI is InChI=1S/C13H13BrO2/c14-9-12-8-11(13(15)16-12)7-6-10-4-2-1-3-5-10/h1-5,9,11H,6-8H2/b12-9+/t11-/m0/s1. The molecule has 3 heteroatoms. The number of hydrogen-bond acceptors (Lipinski definition) is 2. The molecule has 1 aliphatic rings. The van der Waals surface area contributed by atoms with Crippen molar-refractivity contribution in [3.8, 4) is 0 Å². The average molecular weight is 281 g/mol. The predicted molar refractivity (Wildman–Crippen MR) is 66.0 cm³/mol. The monoisotopic (exact) mass is 280 g/mol. The van der Waals surface area contributed by atoms with Crippen LogP contribution in [0.3, 0.4) is 0 Å². The van der Waals surface area contributed by atoms with Gasteiger partial charge in [0.15, 0.2) is 0 Å². The summed E-state index contributed by atoms with van der Waals surface area (Å²) in [6, 6.07) is 10.2. The zero-order valence-electron chi connectivity index (χ0n) is 8.86. The first-order valence-corrected chi connectivity index (χ1v) is 6.26. The summed E-state index contributed by atoms with van der Waals surface area (Å²) < 4.78 is 5.09. The van der Waals surface area contributed by atoms with Crippen molar-refractivity contribution in [3.05, 3.63) is 46.6 Å². The van der Waals surface area contributed by atoms with Crippen LogP contribution < -0.4 is 0 Å². The van der Waals surface area contributed by atoms with E-state index in [0.29, 0.717) is 0 Å². The first-order valence-electron chi connectivity index (χ1n) is 5.34. The highest BCUT2D eigenvalue weighted by molar-refractivity contribution is 9.11. The lowest BCUT2D eigenvalue weighted by atomic mass is 9.98. The Morgan fingerprint density at radius 2 is 2.12 bits per heavy atom. The van der Waals surface area contributed by atoms with Gasteiger partial charge in [0.2, 0.25) is 0 Å². The molecule has 0 spiro atoms. The third-order valence-electron chi connectivity index (χ3n) is 2.76. The highest BCUT2D eigenvalue weighted by Gasteiger charge is 2.29. The van der Waals surface area contributed by atoms with E-state index in [1.54, 1.807) is 4.99 Å². The molecule has 2 rings (SSSR count). The van der Waals surface area contributed by atoms with Crippen LogP contribution in [0.1, 0.15) is 18.4 Å². The van der Waals surface area contributed by atoms with Crippen LogP contribution in [-0.2, 0) is 16.0 Å². The van der Waals surface area contributed by atoms with Gasteiger partial charge in [-0.25, -0.2) is 0 Å². The smallest absolute Gasteiger partial charge is 0.314 e. The summed E-state index contributed by atoms with van der Waals surface area (Å²) >= 11 is 3.19. The number of cyclic esters (lactones) is 1. The van der Waals surface area contributed by atoms with Crippen molar-refractivity contribution in [2.75, 3.05) is 0 Å². The topological polar surface area (TPSA) is 26.3 Å². The molecule has 0 aliphatic carbocycles. The van der Waals surface area contributed by atoms with Gasteiger partial charge in [-0.05, 0) is 18.4 Å². The highest BCUT2D eigenvalue weighted by Crippen LogP contribution is 2.28. The second-order valence-corrected chi connectivity index (χ2v) is 4.38. The molecule has 1 fully saturated rings. The summed E-state index contributed by atoms with van der Waals surface area (Å²) in [7, 11) is 0. The van der Waals surface area contributed by atoms with E-state index >= 15 is 0 Å². The van der Waals surface area contributed by atoms with Gasteiger partial charge < -0.3 is 4.74 Å². The van der Waals surface area contributed by atoms with Crippen LogP contribution in [-0.4, -0.2) is 5.97 Å². The molecule has 1 saturated heterocycles. The molecule has 84 valence electrons. The second kappa shape index (κ2) is 5.30. The first kappa shape index (κ1) is 11.4. The molecule has 0 unspecified atom stereocenters. The number of esters is 1. The Balaban J connectivity index is 1.90. The molecule has 0 amide bonds. The number of hydrogen-bond donors (Lipinski definition) is 0.